The number of amides is 1. The van der Waals surface area contributed by atoms with Crippen molar-refractivity contribution in [2.75, 3.05) is 0 Å². The maximum Gasteiger partial charge on any atom is 0.255 e. The summed E-state index contributed by atoms with van der Waals surface area (Å²) in [4.78, 5) is 18.8. The molecule has 0 saturated heterocycles. The van der Waals surface area contributed by atoms with E-state index in [1.165, 1.54) is 0 Å². The third kappa shape index (κ3) is 4.87. The van der Waals surface area contributed by atoms with Gasteiger partial charge in [0.05, 0.1) is 12.2 Å². The first-order valence-electron chi connectivity index (χ1n) is 9.47. The van der Waals surface area contributed by atoms with Crippen molar-refractivity contribution in [2.24, 2.45) is 0 Å². The molecule has 3 N–H and O–H groups in total. The number of benzene rings is 3. The summed E-state index contributed by atoms with van der Waals surface area (Å²) in [5.74, 6) is -0.485. The fourth-order valence-corrected chi connectivity index (χ4v) is 4.25. The van der Waals surface area contributed by atoms with E-state index >= 15 is 0 Å². The number of aliphatic hydroxyl groups excluding tert-OH is 1. The van der Waals surface area contributed by atoms with E-state index in [1.54, 1.807) is 36.2 Å². The number of carbonyl (C=O) groups is 1. The van der Waals surface area contributed by atoms with Crippen molar-refractivity contribution in [3.8, 4) is 5.75 Å². The van der Waals surface area contributed by atoms with Gasteiger partial charge in [-0.2, -0.15) is 0 Å². The van der Waals surface area contributed by atoms with E-state index < -0.39 is 0 Å². The molecule has 1 heterocycles. The van der Waals surface area contributed by atoms with E-state index in [2.05, 4.69) is 10.3 Å². The minimum atomic E-state index is -0.365. The normalized spacial score (nSPS) is 10.5. The largest absolute Gasteiger partial charge is 0.505 e. The molecule has 31 heavy (non-hydrogen) atoms. The van der Waals surface area contributed by atoms with Crippen molar-refractivity contribution >= 4 is 28.6 Å². The third-order valence-electron chi connectivity index (χ3n) is 4.77. The van der Waals surface area contributed by atoms with Gasteiger partial charge in [-0.05, 0) is 35.4 Å². The lowest BCUT2D eigenvalue weighted by atomic mass is 10.1. The average Bonchev–Trinajstić information content (AvgIpc) is 2.79. The van der Waals surface area contributed by atoms with Gasteiger partial charge in [0.15, 0.2) is 5.75 Å². The number of fused-ring (bicyclic) bond motifs is 1. The zero-order valence-electron chi connectivity index (χ0n) is 16.1. The second-order valence-electron chi connectivity index (χ2n) is 6.70. The monoisotopic (exact) mass is 432 g/mol. The molecule has 0 aliphatic carbocycles. The van der Waals surface area contributed by atoms with Gasteiger partial charge in [-0.1, -0.05) is 67.7 Å². The van der Waals surface area contributed by atoms with Gasteiger partial charge < -0.3 is 15.5 Å². The Morgan fingerprint density at radius 2 is 1.58 bits per heavy atom. The number of rotatable bonds is 6. The lowest BCUT2D eigenvalue weighted by molar-refractivity contribution is 0.0948. The van der Waals surface area contributed by atoms with Gasteiger partial charge in [0, 0.05) is 27.9 Å². The van der Waals surface area contributed by atoms with Crippen LogP contribution in [-0.2, 0) is 13.2 Å². The van der Waals surface area contributed by atoms with Crippen molar-refractivity contribution in [1.82, 2.24) is 10.3 Å². The molecule has 0 unspecified atom stereocenters. The van der Waals surface area contributed by atoms with E-state index in [4.69, 9.17) is 0 Å². The van der Waals surface area contributed by atoms with Crippen LogP contribution in [0.25, 0.3) is 10.9 Å². The van der Waals surface area contributed by atoms with E-state index in [9.17, 15) is 15.0 Å². The zero-order valence-corrected chi connectivity index (χ0v) is 16.9. The summed E-state index contributed by atoms with van der Waals surface area (Å²) in [7, 11) is 0. The SMILES string of the molecule is C.O=C(NCc1ccccc1Sc1ccccc1CO)c1ccc2cccnc2c1O. The Balaban J connectivity index is 0.00000272. The average molecular weight is 433 g/mol. The molecule has 0 aliphatic rings. The molecular weight excluding hydrogens is 408 g/mol. The van der Waals surface area contributed by atoms with Gasteiger partial charge in [-0.15, -0.1) is 0 Å². The highest BCUT2D eigenvalue weighted by Gasteiger charge is 2.15. The van der Waals surface area contributed by atoms with Crippen LogP contribution in [0.3, 0.4) is 0 Å². The maximum absolute atomic E-state index is 12.7. The van der Waals surface area contributed by atoms with Gasteiger partial charge in [-0.25, -0.2) is 0 Å². The smallest absolute Gasteiger partial charge is 0.255 e. The molecule has 3 aromatic carbocycles. The van der Waals surface area contributed by atoms with Gasteiger partial charge >= 0.3 is 0 Å². The Bertz CT molecular complexity index is 1210. The highest BCUT2D eigenvalue weighted by atomic mass is 32.2. The predicted octanol–water partition coefficient (Wildman–Crippen LogP) is 5.15. The lowest BCUT2D eigenvalue weighted by Gasteiger charge is -2.13. The molecule has 0 atom stereocenters. The van der Waals surface area contributed by atoms with Gasteiger partial charge in [0.25, 0.3) is 5.91 Å². The fourth-order valence-electron chi connectivity index (χ4n) is 3.19. The van der Waals surface area contributed by atoms with E-state index in [0.29, 0.717) is 12.1 Å². The number of phenolic OH excluding ortho intramolecular Hbond substituents is 1. The van der Waals surface area contributed by atoms with Crippen LogP contribution in [0.1, 0.15) is 28.9 Å². The number of pyridine rings is 1. The quantitative estimate of drug-likeness (QED) is 0.392. The number of aromatic nitrogens is 1. The molecule has 1 aromatic heterocycles. The molecule has 0 aliphatic heterocycles. The fraction of sp³-hybridized carbons (Fsp3) is 0.120. The number of hydrogen-bond acceptors (Lipinski definition) is 5. The first-order chi connectivity index (χ1) is 14.7. The standard InChI is InChI=1S/C24H20N2O3S.CH4/c27-15-18-7-2-4-10-21(18)30-20-9-3-1-6-17(20)14-26-24(29)19-12-11-16-8-5-13-25-22(16)23(19)28;/h1-13,27-28H,14-15H2,(H,26,29);1H4. The van der Waals surface area contributed by atoms with Crippen LogP contribution in [0.5, 0.6) is 5.75 Å². The molecule has 0 saturated carbocycles. The van der Waals surface area contributed by atoms with Crippen molar-refractivity contribution in [3.63, 3.8) is 0 Å². The number of carbonyl (C=O) groups excluding carboxylic acids is 1. The number of phenols is 1. The molecule has 4 rings (SSSR count). The number of aliphatic hydroxyl groups is 1. The van der Waals surface area contributed by atoms with E-state index in [0.717, 1.165) is 26.3 Å². The zero-order chi connectivity index (χ0) is 20.9. The first kappa shape index (κ1) is 22.3. The summed E-state index contributed by atoms with van der Waals surface area (Å²) < 4.78 is 0. The Kier molecular flexibility index (Phi) is 7.28. The van der Waals surface area contributed by atoms with Crippen LogP contribution in [0, 0.1) is 0 Å². The van der Waals surface area contributed by atoms with Crippen LogP contribution >= 0.6 is 11.8 Å². The minimum Gasteiger partial charge on any atom is -0.505 e. The number of nitrogens with one attached hydrogen (secondary N) is 1. The highest BCUT2D eigenvalue weighted by molar-refractivity contribution is 7.99. The van der Waals surface area contributed by atoms with Gasteiger partial charge in [0.1, 0.15) is 5.52 Å². The second kappa shape index (κ2) is 10.1. The molecule has 0 bridgehead atoms. The van der Waals surface area contributed by atoms with Crippen LogP contribution in [-0.4, -0.2) is 21.1 Å². The molecule has 0 radical (unpaired) electrons. The molecule has 1 amide bonds. The minimum absolute atomic E-state index is 0. The first-order valence-corrected chi connectivity index (χ1v) is 10.3. The predicted molar refractivity (Wildman–Crippen MR) is 124 cm³/mol. The highest BCUT2D eigenvalue weighted by Crippen LogP contribution is 2.33. The Hall–Kier alpha value is -3.35. The molecule has 4 aromatic rings. The van der Waals surface area contributed by atoms with Crippen LogP contribution in [0.4, 0.5) is 0 Å². The lowest BCUT2D eigenvalue weighted by Crippen LogP contribution is -2.23. The summed E-state index contributed by atoms with van der Waals surface area (Å²) in [5, 5.41) is 23.7. The summed E-state index contributed by atoms with van der Waals surface area (Å²) in [6, 6.07) is 22.5. The number of aromatic hydroxyl groups is 1. The Morgan fingerprint density at radius 3 is 2.32 bits per heavy atom. The van der Waals surface area contributed by atoms with E-state index in [-0.39, 0.29) is 31.3 Å². The summed E-state index contributed by atoms with van der Waals surface area (Å²) in [6.45, 7) is 0.278. The van der Waals surface area contributed by atoms with Crippen LogP contribution < -0.4 is 5.32 Å². The third-order valence-corrected chi connectivity index (χ3v) is 6.00. The summed E-state index contributed by atoms with van der Waals surface area (Å²) >= 11 is 1.55. The molecular formula is C25H24N2O3S. The number of hydrogen-bond donors (Lipinski definition) is 3. The molecule has 0 spiro atoms. The maximum atomic E-state index is 12.7. The van der Waals surface area contributed by atoms with Crippen molar-refractivity contribution in [3.05, 3.63) is 95.7 Å². The molecule has 0 fully saturated rings. The summed E-state index contributed by atoms with van der Waals surface area (Å²) in [6.07, 6.45) is 1.58. The van der Waals surface area contributed by atoms with Crippen molar-refractivity contribution < 1.29 is 15.0 Å². The van der Waals surface area contributed by atoms with Crippen LogP contribution in [0.2, 0.25) is 0 Å². The van der Waals surface area contributed by atoms with Gasteiger partial charge in [-0.3, -0.25) is 9.78 Å². The van der Waals surface area contributed by atoms with Crippen LogP contribution in [0.15, 0.2) is 88.8 Å². The van der Waals surface area contributed by atoms with Gasteiger partial charge in [0.2, 0.25) is 0 Å². The Labute approximate surface area is 185 Å². The summed E-state index contributed by atoms with van der Waals surface area (Å²) in [5.41, 5.74) is 2.40. The topological polar surface area (TPSA) is 82.5 Å². The molecule has 158 valence electrons. The van der Waals surface area contributed by atoms with Crippen molar-refractivity contribution in [2.45, 2.75) is 30.4 Å². The molecule has 5 nitrogen and oxygen atoms in total. The molecule has 6 heteroatoms. The Morgan fingerprint density at radius 1 is 0.903 bits per heavy atom. The van der Waals surface area contributed by atoms with E-state index in [1.807, 2.05) is 54.6 Å². The second-order valence-corrected chi connectivity index (χ2v) is 7.78. The number of nitrogens with zero attached hydrogens (tertiary/aromatic N) is 1. The van der Waals surface area contributed by atoms with Crippen molar-refractivity contribution in [1.29, 1.82) is 0 Å².